The van der Waals surface area contributed by atoms with E-state index in [9.17, 15) is 4.79 Å². The molecule has 0 spiro atoms. The number of hydrogen-bond donors (Lipinski definition) is 2. The number of carbonyl (C=O) groups excluding carboxylic acids is 1. The first kappa shape index (κ1) is 17.3. The number of rotatable bonds is 5. The van der Waals surface area contributed by atoms with Gasteiger partial charge in [0.25, 0.3) is 5.91 Å². The highest BCUT2D eigenvalue weighted by molar-refractivity contribution is 6.06. The molecular weight excluding hydrogens is 346 g/mol. The van der Waals surface area contributed by atoms with Crippen LogP contribution in [0.4, 0.5) is 11.4 Å². The minimum Gasteiger partial charge on any atom is -0.476 e. The lowest BCUT2D eigenvalue weighted by molar-refractivity contribution is 0.102. The van der Waals surface area contributed by atoms with Crippen molar-refractivity contribution < 1.29 is 14.3 Å². The lowest BCUT2D eigenvalue weighted by Gasteiger charge is -2.08. The Balaban J connectivity index is 1.53. The van der Waals surface area contributed by atoms with Crippen LogP contribution in [0, 0.1) is 5.92 Å². The van der Waals surface area contributed by atoms with Crippen molar-refractivity contribution in [3.63, 3.8) is 0 Å². The number of benzene rings is 1. The van der Waals surface area contributed by atoms with Gasteiger partial charge >= 0.3 is 0 Å². The van der Waals surface area contributed by atoms with Gasteiger partial charge in [-0.25, -0.2) is 4.98 Å². The molecule has 1 atom stereocenters. The van der Waals surface area contributed by atoms with Crippen molar-refractivity contribution in [1.82, 2.24) is 14.8 Å². The van der Waals surface area contributed by atoms with Crippen molar-refractivity contribution in [3.8, 4) is 5.88 Å². The normalized spacial score (nSPS) is 16.6. The average molecular weight is 367 g/mol. The predicted octanol–water partition coefficient (Wildman–Crippen LogP) is 2.22. The lowest BCUT2D eigenvalue weighted by Crippen LogP contribution is -2.15. The molecule has 140 valence electrons. The first-order valence-electron chi connectivity index (χ1n) is 8.81. The standard InChI is InChI=1S/C19H21N5O3/c1-24-16-9-13(22-18(25)17-15(20)3-2-7-21-17)4-5-14(16)19(23-24)27-11-12-6-8-26-10-12/h2-5,7,9,12H,6,8,10-11,20H2,1H3,(H,22,25). The number of hydrogen-bond acceptors (Lipinski definition) is 6. The van der Waals surface area contributed by atoms with Crippen molar-refractivity contribution in [2.45, 2.75) is 6.42 Å². The lowest BCUT2D eigenvalue weighted by atomic mass is 10.1. The Hall–Kier alpha value is -3.13. The van der Waals surface area contributed by atoms with E-state index >= 15 is 0 Å². The minimum atomic E-state index is -0.354. The highest BCUT2D eigenvalue weighted by atomic mass is 16.5. The molecule has 1 amide bonds. The Kier molecular flexibility index (Phi) is 4.64. The van der Waals surface area contributed by atoms with Crippen molar-refractivity contribution >= 4 is 28.2 Å². The zero-order valence-corrected chi connectivity index (χ0v) is 15.0. The maximum atomic E-state index is 12.4. The summed E-state index contributed by atoms with van der Waals surface area (Å²) in [6.07, 6.45) is 2.55. The predicted molar refractivity (Wildman–Crippen MR) is 102 cm³/mol. The van der Waals surface area contributed by atoms with Crippen molar-refractivity contribution in [1.29, 1.82) is 0 Å². The summed E-state index contributed by atoms with van der Waals surface area (Å²) in [7, 11) is 1.84. The molecule has 27 heavy (non-hydrogen) atoms. The zero-order valence-electron chi connectivity index (χ0n) is 15.0. The third kappa shape index (κ3) is 3.56. The molecule has 1 aromatic carbocycles. The van der Waals surface area contributed by atoms with Crippen molar-refractivity contribution in [3.05, 3.63) is 42.2 Å². The molecule has 2 aromatic heterocycles. The van der Waals surface area contributed by atoms with Gasteiger partial charge in [0.05, 0.1) is 29.8 Å². The molecular formula is C19H21N5O3. The van der Waals surface area contributed by atoms with Crippen LogP contribution in [0.2, 0.25) is 0 Å². The topological polar surface area (TPSA) is 104 Å². The Bertz CT molecular complexity index is 979. The molecule has 8 nitrogen and oxygen atoms in total. The van der Waals surface area contributed by atoms with Crippen LogP contribution in [0.5, 0.6) is 5.88 Å². The van der Waals surface area contributed by atoms with Gasteiger partial charge in [-0.15, -0.1) is 5.10 Å². The van der Waals surface area contributed by atoms with Crippen LogP contribution in [0.3, 0.4) is 0 Å². The van der Waals surface area contributed by atoms with Gasteiger partial charge in [0, 0.05) is 31.5 Å². The van der Waals surface area contributed by atoms with E-state index in [2.05, 4.69) is 15.4 Å². The number of aryl methyl sites for hydroxylation is 1. The maximum absolute atomic E-state index is 12.4. The molecule has 1 aliphatic heterocycles. The molecule has 0 aliphatic carbocycles. The Morgan fingerprint density at radius 2 is 2.33 bits per heavy atom. The molecule has 0 saturated carbocycles. The summed E-state index contributed by atoms with van der Waals surface area (Å²) in [6, 6.07) is 8.88. The number of carbonyl (C=O) groups is 1. The minimum absolute atomic E-state index is 0.199. The molecule has 1 unspecified atom stereocenters. The highest BCUT2D eigenvalue weighted by Gasteiger charge is 2.19. The number of fused-ring (bicyclic) bond motifs is 1. The first-order chi connectivity index (χ1) is 13.1. The molecule has 8 heteroatoms. The van der Waals surface area contributed by atoms with Crippen LogP contribution in [-0.4, -0.2) is 40.5 Å². The number of amides is 1. The summed E-state index contributed by atoms with van der Waals surface area (Å²) < 4.78 is 13.0. The molecule has 3 heterocycles. The number of aromatic nitrogens is 3. The second kappa shape index (κ2) is 7.24. The molecule has 3 N–H and O–H groups in total. The summed E-state index contributed by atoms with van der Waals surface area (Å²) in [6.45, 7) is 2.11. The summed E-state index contributed by atoms with van der Waals surface area (Å²) in [5.74, 6) is 0.642. The van der Waals surface area contributed by atoms with Crippen LogP contribution in [0.25, 0.3) is 10.9 Å². The van der Waals surface area contributed by atoms with Crippen LogP contribution >= 0.6 is 0 Å². The molecule has 1 saturated heterocycles. The van der Waals surface area contributed by atoms with Crippen LogP contribution < -0.4 is 15.8 Å². The van der Waals surface area contributed by atoms with Gasteiger partial charge in [0.2, 0.25) is 5.88 Å². The second-order valence-corrected chi connectivity index (χ2v) is 6.60. The van der Waals surface area contributed by atoms with E-state index in [1.165, 1.54) is 6.20 Å². The van der Waals surface area contributed by atoms with Gasteiger partial charge in [-0.2, -0.15) is 0 Å². The number of nitrogens with zero attached hydrogens (tertiary/aromatic N) is 3. The molecule has 1 fully saturated rings. The SMILES string of the molecule is Cn1nc(OCC2CCOC2)c2ccc(NC(=O)c3ncccc3N)cc21. The van der Waals surface area contributed by atoms with E-state index in [0.717, 1.165) is 30.5 Å². The fourth-order valence-corrected chi connectivity index (χ4v) is 3.12. The summed E-state index contributed by atoms with van der Waals surface area (Å²) in [4.78, 5) is 16.4. The highest BCUT2D eigenvalue weighted by Crippen LogP contribution is 2.28. The van der Waals surface area contributed by atoms with Crippen molar-refractivity contribution in [2.24, 2.45) is 13.0 Å². The van der Waals surface area contributed by atoms with Crippen molar-refractivity contribution in [2.75, 3.05) is 30.9 Å². The van der Waals surface area contributed by atoms with Gasteiger partial charge in [-0.05, 0) is 36.8 Å². The van der Waals surface area contributed by atoms with Gasteiger partial charge < -0.3 is 20.5 Å². The number of nitrogen functional groups attached to an aromatic ring is 1. The number of pyridine rings is 1. The van der Waals surface area contributed by atoms with Crippen LogP contribution in [0.1, 0.15) is 16.9 Å². The molecule has 0 radical (unpaired) electrons. The number of anilines is 2. The number of ether oxygens (including phenoxy) is 2. The summed E-state index contributed by atoms with van der Waals surface area (Å²) in [5.41, 5.74) is 7.85. The second-order valence-electron chi connectivity index (χ2n) is 6.60. The quantitative estimate of drug-likeness (QED) is 0.716. The molecule has 1 aliphatic rings. The Labute approximate surface area is 156 Å². The molecule has 3 aromatic rings. The van der Waals surface area contributed by atoms with E-state index in [1.807, 2.05) is 25.2 Å². The monoisotopic (exact) mass is 367 g/mol. The van der Waals surface area contributed by atoms with E-state index in [4.69, 9.17) is 15.2 Å². The number of nitrogens with two attached hydrogens (primary N) is 1. The zero-order chi connectivity index (χ0) is 18.8. The number of nitrogens with one attached hydrogen (secondary N) is 1. The Morgan fingerprint density at radius 3 is 3.11 bits per heavy atom. The fourth-order valence-electron chi connectivity index (χ4n) is 3.12. The van der Waals surface area contributed by atoms with Gasteiger partial charge in [-0.3, -0.25) is 9.48 Å². The van der Waals surface area contributed by atoms with E-state index in [-0.39, 0.29) is 11.6 Å². The largest absolute Gasteiger partial charge is 0.476 e. The van der Waals surface area contributed by atoms with Gasteiger partial charge in [0.15, 0.2) is 5.69 Å². The van der Waals surface area contributed by atoms with Gasteiger partial charge in [-0.1, -0.05) is 0 Å². The first-order valence-corrected chi connectivity index (χ1v) is 8.81. The Morgan fingerprint density at radius 1 is 1.44 bits per heavy atom. The van der Waals surface area contributed by atoms with Crippen LogP contribution in [0.15, 0.2) is 36.5 Å². The maximum Gasteiger partial charge on any atom is 0.276 e. The fraction of sp³-hybridized carbons (Fsp3) is 0.316. The van der Waals surface area contributed by atoms with E-state index < -0.39 is 0 Å². The smallest absolute Gasteiger partial charge is 0.276 e. The third-order valence-corrected chi connectivity index (χ3v) is 4.61. The average Bonchev–Trinajstić information content (AvgIpc) is 3.28. The third-order valence-electron chi connectivity index (χ3n) is 4.61. The van der Waals surface area contributed by atoms with Crippen LogP contribution in [-0.2, 0) is 11.8 Å². The summed E-state index contributed by atoms with van der Waals surface area (Å²) >= 11 is 0. The molecule has 4 rings (SSSR count). The summed E-state index contributed by atoms with van der Waals surface area (Å²) in [5, 5.41) is 8.17. The van der Waals surface area contributed by atoms with Gasteiger partial charge in [0.1, 0.15) is 0 Å². The molecule has 0 bridgehead atoms. The van der Waals surface area contributed by atoms with E-state index in [0.29, 0.717) is 29.8 Å². The van der Waals surface area contributed by atoms with E-state index in [1.54, 1.807) is 16.8 Å².